The van der Waals surface area contributed by atoms with Gasteiger partial charge in [0.2, 0.25) is 0 Å². The van der Waals surface area contributed by atoms with Crippen LogP contribution in [-0.4, -0.2) is 39.5 Å². The number of carboxylic acids is 1. The number of carbonyl (C=O) groups excluding carboxylic acids is 1. The summed E-state index contributed by atoms with van der Waals surface area (Å²) in [7, 11) is 0. The van der Waals surface area contributed by atoms with Gasteiger partial charge < -0.3 is 10.0 Å². The molecule has 17 heavy (non-hydrogen) atoms. The molecule has 0 aliphatic carbocycles. The molecule has 1 amide bonds. The minimum atomic E-state index is -0.934. The quantitative estimate of drug-likeness (QED) is 0.831. The van der Waals surface area contributed by atoms with Crippen molar-refractivity contribution in [1.82, 2.24) is 9.88 Å². The highest BCUT2D eigenvalue weighted by atomic mass is 16.4. The highest BCUT2D eigenvalue weighted by Gasteiger charge is 2.34. The Bertz CT molecular complexity index is 442. The molecule has 0 radical (unpaired) electrons. The summed E-state index contributed by atoms with van der Waals surface area (Å²) in [6.07, 6.45) is 2.76. The van der Waals surface area contributed by atoms with Gasteiger partial charge in [0.15, 0.2) is 0 Å². The first kappa shape index (κ1) is 11.6. The largest absolute Gasteiger partial charge is 0.480 e. The summed E-state index contributed by atoms with van der Waals surface area (Å²) in [5.41, 5.74) is 1.28. The molecule has 90 valence electrons. The Morgan fingerprint density at radius 3 is 2.82 bits per heavy atom. The molecular weight excluding hydrogens is 220 g/mol. The van der Waals surface area contributed by atoms with E-state index in [1.807, 2.05) is 6.92 Å². The van der Waals surface area contributed by atoms with Gasteiger partial charge in [0.1, 0.15) is 6.04 Å². The van der Waals surface area contributed by atoms with Gasteiger partial charge >= 0.3 is 5.97 Å². The maximum absolute atomic E-state index is 12.1. The molecule has 0 aromatic carbocycles. The minimum Gasteiger partial charge on any atom is -0.480 e. The van der Waals surface area contributed by atoms with Crippen LogP contribution >= 0.6 is 0 Å². The van der Waals surface area contributed by atoms with Crippen LogP contribution in [0.2, 0.25) is 0 Å². The van der Waals surface area contributed by atoms with Crippen LogP contribution in [0.25, 0.3) is 0 Å². The number of aryl methyl sites for hydroxylation is 1. The third-order valence-corrected chi connectivity index (χ3v) is 2.96. The third-order valence-electron chi connectivity index (χ3n) is 2.96. The normalized spacial score (nSPS) is 19.4. The van der Waals surface area contributed by atoms with E-state index in [1.54, 1.807) is 12.1 Å². The number of carbonyl (C=O) groups is 2. The molecule has 0 saturated carbocycles. The van der Waals surface area contributed by atoms with E-state index in [2.05, 4.69) is 4.98 Å². The monoisotopic (exact) mass is 234 g/mol. The van der Waals surface area contributed by atoms with Crippen molar-refractivity contribution < 1.29 is 14.7 Å². The number of nitrogens with zero attached hydrogens (tertiary/aromatic N) is 2. The molecule has 1 aliphatic heterocycles. The van der Waals surface area contributed by atoms with E-state index in [1.165, 1.54) is 11.1 Å². The van der Waals surface area contributed by atoms with E-state index in [0.29, 0.717) is 18.5 Å². The van der Waals surface area contributed by atoms with Gasteiger partial charge in [-0.3, -0.25) is 9.78 Å². The zero-order valence-corrected chi connectivity index (χ0v) is 9.59. The van der Waals surface area contributed by atoms with Crippen molar-refractivity contribution in [2.24, 2.45) is 0 Å². The van der Waals surface area contributed by atoms with Crippen LogP contribution in [0.5, 0.6) is 0 Å². The Morgan fingerprint density at radius 1 is 1.47 bits per heavy atom. The summed E-state index contributed by atoms with van der Waals surface area (Å²) in [6, 6.07) is 2.74. The highest BCUT2D eigenvalue weighted by molar-refractivity contribution is 5.96. The summed E-state index contributed by atoms with van der Waals surface area (Å²) < 4.78 is 0. The number of aliphatic carboxylic acids is 1. The predicted octanol–water partition coefficient (Wildman–Crippen LogP) is 1.08. The van der Waals surface area contributed by atoms with Gasteiger partial charge in [-0.25, -0.2) is 4.79 Å². The van der Waals surface area contributed by atoms with Crippen molar-refractivity contribution in [2.45, 2.75) is 25.8 Å². The van der Waals surface area contributed by atoms with Crippen LogP contribution in [0.3, 0.4) is 0 Å². The van der Waals surface area contributed by atoms with Gasteiger partial charge in [0, 0.05) is 18.4 Å². The number of hydrogen-bond donors (Lipinski definition) is 1. The smallest absolute Gasteiger partial charge is 0.326 e. The van der Waals surface area contributed by atoms with Gasteiger partial charge in [-0.1, -0.05) is 0 Å². The lowest BCUT2D eigenvalue weighted by Gasteiger charge is -2.21. The average Bonchev–Trinajstić information content (AvgIpc) is 2.78. The molecule has 1 fully saturated rings. The van der Waals surface area contributed by atoms with E-state index < -0.39 is 12.0 Å². The van der Waals surface area contributed by atoms with E-state index in [9.17, 15) is 9.59 Å². The molecule has 1 saturated heterocycles. The summed E-state index contributed by atoms with van der Waals surface area (Å²) in [5.74, 6) is -1.18. The maximum atomic E-state index is 12.1. The van der Waals surface area contributed by atoms with Crippen LogP contribution in [0, 0.1) is 6.92 Å². The number of likely N-dealkylation sites (tertiary alicyclic amines) is 1. The lowest BCUT2D eigenvalue weighted by Crippen LogP contribution is -2.40. The number of aromatic nitrogens is 1. The second-order valence-corrected chi connectivity index (χ2v) is 4.18. The Labute approximate surface area is 99.1 Å². The summed E-state index contributed by atoms with van der Waals surface area (Å²) in [5, 5.41) is 9.01. The number of amides is 1. The standard InChI is InChI=1S/C12H14N2O3/c1-8-4-5-9(7-13-8)11(15)14-6-2-3-10(14)12(16)17/h4-5,7,10H,2-3,6H2,1H3,(H,16,17)/t10-/m1/s1. The second-order valence-electron chi connectivity index (χ2n) is 4.18. The number of hydrogen-bond acceptors (Lipinski definition) is 3. The fourth-order valence-electron chi connectivity index (χ4n) is 2.03. The molecular formula is C12H14N2O3. The molecule has 5 nitrogen and oxygen atoms in total. The first-order chi connectivity index (χ1) is 8.09. The van der Waals surface area contributed by atoms with Gasteiger partial charge in [0.05, 0.1) is 5.56 Å². The Morgan fingerprint density at radius 2 is 2.24 bits per heavy atom. The van der Waals surface area contributed by atoms with Gasteiger partial charge in [-0.15, -0.1) is 0 Å². The SMILES string of the molecule is Cc1ccc(C(=O)N2CCC[C@@H]2C(=O)O)cn1. The van der Waals surface area contributed by atoms with Gasteiger partial charge in [-0.2, -0.15) is 0 Å². The van der Waals surface area contributed by atoms with Crippen LogP contribution in [0.4, 0.5) is 0 Å². The van der Waals surface area contributed by atoms with Crippen molar-refractivity contribution in [3.8, 4) is 0 Å². The minimum absolute atomic E-state index is 0.248. The first-order valence-corrected chi connectivity index (χ1v) is 5.56. The molecule has 1 aliphatic rings. The molecule has 0 bridgehead atoms. The van der Waals surface area contributed by atoms with Crippen molar-refractivity contribution in [1.29, 1.82) is 0 Å². The number of pyridine rings is 1. The van der Waals surface area contributed by atoms with E-state index in [4.69, 9.17) is 5.11 Å². The van der Waals surface area contributed by atoms with Gasteiger partial charge in [-0.05, 0) is 31.9 Å². The summed E-state index contributed by atoms with van der Waals surface area (Å²) in [4.78, 5) is 28.5. The Hall–Kier alpha value is -1.91. The second kappa shape index (κ2) is 4.53. The highest BCUT2D eigenvalue weighted by Crippen LogP contribution is 2.20. The molecule has 2 heterocycles. The maximum Gasteiger partial charge on any atom is 0.326 e. The Balaban J connectivity index is 2.19. The van der Waals surface area contributed by atoms with Crippen LogP contribution in [0.1, 0.15) is 28.9 Å². The predicted molar refractivity (Wildman–Crippen MR) is 60.7 cm³/mol. The molecule has 0 spiro atoms. The summed E-state index contributed by atoms with van der Waals surface area (Å²) in [6.45, 7) is 2.34. The van der Waals surface area contributed by atoms with Crippen LogP contribution in [-0.2, 0) is 4.79 Å². The van der Waals surface area contributed by atoms with Crippen molar-refractivity contribution in [2.75, 3.05) is 6.54 Å². The van der Waals surface area contributed by atoms with Crippen molar-refractivity contribution >= 4 is 11.9 Å². The summed E-state index contributed by atoms with van der Waals surface area (Å²) >= 11 is 0. The lowest BCUT2D eigenvalue weighted by molar-refractivity contribution is -0.141. The lowest BCUT2D eigenvalue weighted by atomic mass is 10.2. The Kier molecular flexibility index (Phi) is 3.08. The number of carboxylic acid groups (broad SMARTS) is 1. The zero-order valence-electron chi connectivity index (χ0n) is 9.59. The third kappa shape index (κ3) is 2.27. The molecule has 2 rings (SSSR count). The fourth-order valence-corrected chi connectivity index (χ4v) is 2.03. The molecule has 0 unspecified atom stereocenters. The molecule has 1 aromatic rings. The van der Waals surface area contributed by atoms with E-state index >= 15 is 0 Å². The average molecular weight is 234 g/mol. The van der Waals surface area contributed by atoms with E-state index in [0.717, 1.165) is 12.1 Å². The number of rotatable bonds is 2. The van der Waals surface area contributed by atoms with Gasteiger partial charge in [0.25, 0.3) is 5.91 Å². The molecule has 1 atom stereocenters. The van der Waals surface area contributed by atoms with Crippen molar-refractivity contribution in [3.05, 3.63) is 29.6 Å². The molecule has 1 aromatic heterocycles. The first-order valence-electron chi connectivity index (χ1n) is 5.56. The fraction of sp³-hybridized carbons (Fsp3) is 0.417. The van der Waals surface area contributed by atoms with Crippen LogP contribution < -0.4 is 0 Å². The zero-order chi connectivity index (χ0) is 12.4. The van der Waals surface area contributed by atoms with E-state index in [-0.39, 0.29) is 5.91 Å². The molecule has 1 N–H and O–H groups in total. The van der Waals surface area contributed by atoms with Crippen LogP contribution in [0.15, 0.2) is 18.3 Å². The van der Waals surface area contributed by atoms with Crippen molar-refractivity contribution in [3.63, 3.8) is 0 Å². The topological polar surface area (TPSA) is 70.5 Å². The molecule has 5 heteroatoms.